The molecule has 19 heavy (non-hydrogen) atoms. The van der Waals surface area contributed by atoms with Crippen LogP contribution in [-0.2, 0) is 18.7 Å². The largest absolute Gasteiger partial charge is 0.325 e. The summed E-state index contributed by atoms with van der Waals surface area (Å²) in [4.78, 5) is 34.2. The second-order valence-corrected chi connectivity index (χ2v) is 6.98. The highest BCUT2D eigenvalue weighted by molar-refractivity contribution is 7.51. The van der Waals surface area contributed by atoms with Gasteiger partial charge in [-0.3, -0.25) is 19.1 Å². The molecule has 1 heterocycles. The Morgan fingerprint density at radius 2 is 2.16 bits per heavy atom. The average Bonchev–Trinajstić information content (AvgIpc) is 2.54. The van der Waals surface area contributed by atoms with Gasteiger partial charge in [-0.05, 0) is 18.8 Å². The molecule has 0 saturated carbocycles. The van der Waals surface area contributed by atoms with Crippen molar-refractivity contribution in [3.05, 3.63) is 12.2 Å². The summed E-state index contributed by atoms with van der Waals surface area (Å²) in [5.74, 6) is -1.02. The number of amides is 2. The van der Waals surface area contributed by atoms with Gasteiger partial charge in [0, 0.05) is 13.7 Å². The predicted octanol–water partition coefficient (Wildman–Crippen LogP) is 1.02. The average molecular weight is 287 g/mol. The van der Waals surface area contributed by atoms with Gasteiger partial charge >= 0.3 is 7.60 Å². The van der Waals surface area contributed by atoms with Gasteiger partial charge in [-0.25, -0.2) is 0 Å². The van der Waals surface area contributed by atoms with Gasteiger partial charge < -0.3 is 9.42 Å². The molecule has 0 radical (unpaired) electrons. The van der Waals surface area contributed by atoms with Crippen LogP contribution in [0.3, 0.4) is 0 Å². The van der Waals surface area contributed by atoms with Crippen LogP contribution in [0.4, 0.5) is 0 Å². The summed E-state index contributed by atoms with van der Waals surface area (Å²) in [5, 5.41) is 0. The van der Waals surface area contributed by atoms with Crippen molar-refractivity contribution in [2.75, 3.05) is 20.3 Å². The summed E-state index contributed by atoms with van der Waals surface area (Å²) >= 11 is 0. The molecule has 106 valence electrons. The van der Waals surface area contributed by atoms with E-state index in [2.05, 4.69) is 0 Å². The van der Waals surface area contributed by atoms with Crippen molar-refractivity contribution in [3.63, 3.8) is 0 Å². The maximum atomic E-state index is 12.0. The predicted molar refractivity (Wildman–Crippen MR) is 68.3 cm³/mol. The van der Waals surface area contributed by atoms with Crippen LogP contribution in [0, 0.1) is 17.8 Å². The number of hydrogen-bond donors (Lipinski definition) is 1. The third-order valence-corrected chi connectivity index (χ3v) is 4.38. The summed E-state index contributed by atoms with van der Waals surface area (Å²) in [6, 6.07) is 0. The van der Waals surface area contributed by atoms with E-state index in [0.717, 1.165) is 6.66 Å². The SMILES string of the molecule is CN1C(=O)C2CC=CC(CCOP(C)(=O)O)C2C1=O. The topological polar surface area (TPSA) is 83.9 Å². The molecule has 1 fully saturated rings. The highest BCUT2D eigenvalue weighted by atomic mass is 31.2. The Hall–Kier alpha value is -0.970. The fraction of sp³-hybridized carbons (Fsp3) is 0.667. The van der Waals surface area contributed by atoms with Gasteiger partial charge in [0.15, 0.2) is 0 Å². The minimum atomic E-state index is -3.49. The van der Waals surface area contributed by atoms with Crippen LogP contribution in [0.15, 0.2) is 12.2 Å². The molecule has 4 unspecified atom stereocenters. The molecular weight excluding hydrogens is 269 g/mol. The maximum absolute atomic E-state index is 12.0. The molecule has 0 spiro atoms. The second kappa shape index (κ2) is 5.19. The Labute approximate surface area is 112 Å². The van der Waals surface area contributed by atoms with E-state index in [1.54, 1.807) is 0 Å². The smallest absolute Gasteiger partial charge is 0.324 e. The van der Waals surface area contributed by atoms with Crippen molar-refractivity contribution in [1.82, 2.24) is 4.90 Å². The second-order valence-electron chi connectivity index (χ2n) is 5.12. The molecule has 2 rings (SSSR count). The lowest BCUT2D eigenvalue weighted by atomic mass is 9.76. The molecule has 2 amide bonds. The third kappa shape index (κ3) is 2.96. The van der Waals surface area contributed by atoms with E-state index < -0.39 is 7.60 Å². The van der Waals surface area contributed by atoms with Crippen molar-refractivity contribution < 1.29 is 23.6 Å². The van der Waals surface area contributed by atoms with Gasteiger partial charge in [-0.1, -0.05) is 12.2 Å². The Bertz CT molecular complexity index is 469. The van der Waals surface area contributed by atoms with E-state index in [4.69, 9.17) is 9.42 Å². The molecule has 6 nitrogen and oxygen atoms in total. The summed E-state index contributed by atoms with van der Waals surface area (Å²) in [5.41, 5.74) is 0. The van der Waals surface area contributed by atoms with Crippen molar-refractivity contribution in [2.45, 2.75) is 12.8 Å². The zero-order valence-corrected chi connectivity index (χ0v) is 11.9. The quantitative estimate of drug-likeness (QED) is 0.474. The van der Waals surface area contributed by atoms with E-state index in [1.807, 2.05) is 12.2 Å². The fourth-order valence-electron chi connectivity index (χ4n) is 2.79. The molecule has 0 bridgehead atoms. The number of likely N-dealkylation sites (tertiary alicyclic amines) is 1. The lowest BCUT2D eigenvalue weighted by molar-refractivity contribution is -0.138. The van der Waals surface area contributed by atoms with Gasteiger partial charge in [-0.15, -0.1) is 0 Å². The minimum absolute atomic E-state index is 0.105. The monoisotopic (exact) mass is 287 g/mol. The highest BCUT2D eigenvalue weighted by Gasteiger charge is 2.49. The number of allylic oxidation sites excluding steroid dienone is 2. The van der Waals surface area contributed by atoms with Gasteiger partial charge in [-0.2, -0.15) is 0 Å². The van der Waals surface area contributed by atoms with Crippen molar-refractivity contribution in [1.29, 1.82) is 0 Å². The van der Waals surface area contributed by atoms with E-state index in [-0.39, 0.29) is 36.2 Å². The number of hydrogen-bond acceptors (Lipinski definition) is 4. The number of rotatable bonds is 4. The molecule has 0 aromatic heterocycles. The van der Waals surface area contributed by atoms with Crippen molar-refractivity contribution in [2.24, 2.45) is 17.8 Å². The molecule has 4 atom stereocenters. The molecule has 2 aliphatic rings. The molecule has 0 aromatic rings. The minimum Gasteiger partial charge on any atom is -0.324 e. The lowest BCUT2D eigenvalue weighted by Crippen LogP contribution is -2.29. The molecular formula is C12H18NO5P. The molecule has 1 N–H and O–H groups in total. The molecule has 1 saturated heterocycles. The van der Waals surface area contributed by atoms with E-state index >= 15 is 0 Å². The van der Waals surface area contributed by atoms with Gasteiger partial charge in [0.25, 0.3) is 0 Å². The summed E-state index contributed by atoms with van der Waals surface area (Å²) in [6.07, 6.45) is 4.86. The Morgan fingerprint density at radius 1 is 1.47 bits per heavy atom. The van der Waals surface area contributed by atoms with E-state index in [9.17, 15) is 14.2 Å². The van der Waals surface area contributed by atoms with Crippen LogP contribution < -0.4 is 0 Å². The number of carbonyl (C=O) groups excluding carboxylic acids is 2. The van der Waals surface area contributed by atoms with Crippen LogP contribution in [0.2, 0.25) is 0 Å². The Kier molecular flexibility index (Phi) is 3.95. The zero-order valence-electron chi connectivity index (χ0n) is 11.0. The van der Waals surface area contributed by atoms with Crippen LogP contribution in [0.1, 0.15) is 12.8 Å². The first-order valence-corrected chi connectivity index (χ1v) is 8.26. The maximum Gasteiger partial charge on any atom is 0.325 e. The van der Waals surface area contributed by atoms with Gasteiger partial charge in [0.1, 0.15) is 0 Å². The molecule has 0 aromatic carbocycles. The van der Waals surface area contributed by atoms with Gasteiger partial charge in [0.05, 0.1) is 18.4 Å². The van der Waals surface area contributed by atoms with Crippen LogP contribution in [-0.4, -0.2) is 41.9 Å². The normalized spacial score (nSPS) is 33.4. The number of carbonyl (C=O) groups is 2. The van der Waals surface area contributed by atoms with Crippen LogP contribution in [0.5, 0.6) is 0 Å². The first-order valence-electron chi connectivity index (χ1n) is 6.24. The number of imide groups is 1. The van der Waals surface area contributed by atoms with Crippen LogP contribution >= 0.6 is 7.60 Å². The van der Waals surface area contributed by atoms with E-state index in [1.165, 1.54) is 11.9 Å². The summed E-state index contributed by atoms with van der Waals surface area (Å²) in [6.45, 7) is 1.23. The number of nitrogens with zero attached hydrogens (tertiary/aromatic N) is 1. The first-order chi connectivity index (χ1) is 8.81. The van der Waals surface area contributed by atoms with E-state index in [0.29, 0.717) is 12.8 Å². The third-order valence-electron chi connectivity index (χ3n) is 3.71. The Morgan fingerprint density at radius 3 is 2.79 bits per heavy atom. The Balaban J connectivity index is 2.03. The van der Waals surface area contributed by atoms with Crippen molar-refractivity contribution >= 4 is 19.4 Å². The first kappa shape index (κ1) is 14.4. The lowest BCUT2D eigenvalue weighted by Gasteiger charge is -2.26. The van der Waals surface area contributed by atoms with Crippen LogP contribution in [0.25, 0.3) is 0 Å². The highest BCUT2D eigenvalue weighted by Crippen LogP contribution is 2.41. The standard InChI is InChI=1S/C12H18NO5P/c1-13-11(14)9-5-3-4-8(10(9)12(13)15)6-7-18-19(2,16)17/h3-4,8-10H,5-7H2,1-2H3,(H,16,17). The molecule has 7 heteroatoms. The number of fused-ring (bicyclic) bond motifs is 1. The van der Waals surface area contributed by atoms with Gasteiger partial charge in [0.2, 0.25) is 11.8 Å². The zero-order chi connectivity index (χ0) is 14.2. The fourth-order valence-corrected chi connectivity index (χ4v) is 3.23. The van der Waals surface area contributed by atoms with Crippen molar-refractivity contribution in [3.8, 4) is 0 Å². The summed E-state index contributed by atoms with van der Waals surface area (Å²) in [7, 11) is -1.98. The molecule has 1 aliphatic heterocycles. The molecule has 1 aliphatic carbocycles. The summed E-state index contributed by atoms with van der Waals surface area (Å²) < 4.78 is 15.9.